The molecule has 21 heavy (non-hydrogen) atoms. The van der Waals surface area contributed by atoms with Crippen molar-refractivity contribution in [1.29, 1.82) is 0 Å². The number of amides is 1. The molecule has 5 heteroatoms. The number of para-hydroxylation sites is 1. The van der Waals surface area contributed by atoms with Gasteiger partial charge >= 0.3 is 0 Å². The molecule has 0 saturated carbocycles. The Morgan fingerprint density at radius 2 is 1.43 bits per heavy atom. The van der Waals surface area contributed by atoms with E-state index in [0.717, 1.165) is 4.31 Å². The lowest BCUT2D eigenvalue weighted by Gasteiger charge is -2.22. The van der Waals surface area contributed by atoms with Crippen LogP contribution in [0, 0.1) is 0 Å². The van der Waals surface area contributed by atoms with Crippen molar-refractivity contribution in [2.75, 3.05) is 4.31 Å². The van der Waals surface area contributed by atoms with Gasteiger partial charge in [-0.3, -0.25) is 4.79 Å². The Labute approximate surface area is 124 Å². The Bertz CT molecular complexity index is 753. The van der Waals surface area contributed by atoms with E-state index in [1.807, 2.05) is 0 Å². The lowest BCUT2D eigenvalue weighted by Crippen LogP contribution is -2.37. The fourth-order valence-electron chi connectivity index (χ4n) is 1.80. The summed E-state index contributed by atoms with van der Waals surface area (Å²) >= 11 is 0. The first-order valence-corrected chi connectivity index (χ1v) is 7.74. The van der Waals surface area contributed by atoms with Gasteiger partial charge in [0.05, 0.1) is 10.6 Å². The standard InChI is InChI=1S/C16H15NO3S/c1-13(2)16(18)17(14-9-5-3-6-10-14)21(19,20)15-11-7-4-8-12-15/h3-12H,1H2,2H3. The van der Waals surface area contributed by atoms with Crippen LogP contribution in [0.4, 0.5) is 5.69 Å². The first-order chi connectivity index (χ1) is 9.94. The highest BCUT2D eigenvalue weighted by Crippen LogP contribution is 2.24. The molecule has 0 bridgehead atoms. The molecule has 0 fully saturated rings. The van der Waals surface area contributed by atoms with Gasteiger partial charge in [-0.15, -0.1) is 0 Å². The average molecular weight is 301 g/mol. The van der Waals surface area contributed by atoms with Crippen LogP contribution in [0.25, 0.3) is 0 Å². The number of benzene rings is 2. The minimum atomic E-state index is -3.98. The monoisotopic (exact) mass is 301 g/mol. The van der Waals surface area contributed by atoms with E-state index in [9.17, 15) is 13.2 Å². The molecule has 2 aromatic carbocycles. The maximum absolute atomic E-state index is 12.7. The maximum atomic E-state index is 12.7. The maximum Gasteiger partial charge on any atom is 0.271 e. The van der Waals surface area contributed by atoms with Crippen LogP contribution in [0.3, 0.4) is 0 Å². The van der Waals surface area contributed by atoms with Crippen LogP contribution in [0.1, 0.15) is 6.92 Å². The predicted octanol–water partition coefficient (Wildman–Crippen LogP) is 2.98. The van der Waals surface area contributed by atoms with E-state index in [2.05, 4.69) is 6.58 Å². The Kier molecular flexibility index (Phi) is 4.23. The number of sulfonamides is 1. The minimum Gasteiger partial charge on any atom is -0.268 e. The molecular weight excluding hydrogens is 286 g/mol. The van der Waals surface area contributed by atoms with Gasteiger partial charge in [0.25, 0.3) is 15.9 Å². The number of anilines is 1. The van der Waals surface area contributed by atoms with Gasteiger partial charge in [0.15, 0.2) is 0 Å². The molecule has 0 aromatic heterocycles. The van der Waals surface area contributed by atoms with E-state index in [1.165, 1.54) is 19.1 Å². The summed E-state index contributed by atoms with van der Waals surface area (Å²) in [5.41, 5.74) is 0.438. The van der Waals surface area contributed by atoms with E-state index in [1.54, 1.807) is 48.5 Å². The molecule has 2 aromatic rings. The van der Waals surface area contributed by atoms with Crippen LogP contribution >= 0.6 is 0 Å². The number of hydrogen-bond donors (Lipinski definition) is 0. The van der Waals surface area contributed by atoms with Gasteiger partial charge in [-0.2, -0.15) is 4.31 Å². The summed E-state index contributed by atoms with van der Waals surface area (Å²) in [4.78, 5) is 12.4. The third-order valence-electron chi connectivity index (χ3n) is 2.82. The van der Waals surface area contributed by atoms with Crippen LogP contribution in [0.5, 0.6) is 0 Å². The van der Waals surface area contributed by atoms with Gasteiger partial charge in [0.1, 0.15) is 0 Å². The van der Waals surface area contributed by atoms with Crippen molar-refractivity contribution in [3.05, 3.63) is 72.8 Å². The molecule has 0 spiro atoms. The molecule has 108 valence electrons. The summed E-state index contributed by atoms with van der Waals surface area (Å²) in [6.07, 6.45) is 0. The molecule has 0 N–H and O–H groups in total. The smallest absolute Gasteiger partial charge is 0.268 e. The second-order valence-electron chi connectivity index (χ2n) is 4.50. The van der Waals surface area contributed by atoms with Gasteiger partial charge in [-0.05, 0) is 31.2 Å². The summed E-state index contributed by atoms with van der Waals surface area (Å²) in [6.45, 7) is 5.04. The summed E-state index contributed by atoms with van der Waals surface area (Å²) in [5, 5.41) is 0. The van der Waals surface area contributed by atoms with Gasteiger partial charge in [-0.25, -0.2) is 8.42 Å². The minimum absolute atomic E-state index is 0.0588. The average Bonchev–Trinajstić information content (AvgIpc) is 2.49. The van der Waals surface area contributed by atoms with Gasteiger partial charge in [-0.1, -0.05) is 43.0 Å². The predicted molar refractivity (Wildman–Crippen MR) is 82.4 cm³/mol. The third kappa shape index (κ3) is 3.03. The second kappa shape index (κ2) is 5.93. The van der Waals surface area contributed by atoms with Crippen molar-refractivity contribution in [3.63, 3.8) is 0 Å². The van der Waals surface area contributed by atoms with E-state index in [4.69, 9.17) is 0 Å². The van der Waals surface area contributed by atoms with Crippen LogP contribution in [-0.2, 0) is 14.8 Å². The zero-order chi connectivity index (χ0) is 15.5. The van der Waals surface area contributed by atoms with Crippen molar-refractivity contribution in [3.8, 4) is 0 Å². The first kappa shape index (κ1) is 15.0. The molecule has 0 unspecified atom stereocenters. The van der Waals surface area contributed by atoms with E-state index in [0.29, 0.717) is 0 Å². The van der Waals surface area contributed by atoms with Crippen LogP contribution < -0.4 is 4.31 Å². The highest BCUT2D eigenvalue weighted by molar-refractivity contribution is 7.93. The fraction of sp³-hybridized carbons (Fsp3) is 0.0625. The summed E-state index contributed by atoms with van der Waals surface area (Å²) in [7, 11) is -3.98. The van der Waals surface area contributed by atoms with E-state index < -0.39 is 15.9 Å². The normalized spacial score (nSPS) is 10.9. The lowest BCUT2D eigenvalue weighted by atomic mass is 10.3. The molecule has 1 amide bonds. The zero-order valence-corrected chi connectivity index (χ0v) is 12.4. The van der Waals surface area contributed by atoms with Crippen molar-refractivity contribution in [2.24, 2.45) is 0 Å². The number of nitrogens with zero attached hydrogens (tertiary/aromatic N) is 1. The van der Waals surface area contributed by atoms with Gasteiger partial charge in [0, 0.05) is 5.57 Å². The quantitative estimate of drug-likeness (QED) is 0.816. The topological polar surface area (TPSA) is 54.5 Å². The Morgan fingerprint density at radius 3 is 1.90 bits per heavy atom. The molecule has 0 atom stereocenters. The van der Waals surface area contributed by atoms with Gasteiger partial charge < -0.3 is 0 Å². The van der Waals surface area contributed by atoms with Crippen molar-refractivity contribution < 1.29 is 13.2 Å². The molecule has 4 nitrogen and oxygen atoms in total. The molecule has 0 aliphatic carbocycles. The molecule has 0 saturated heterocycles. The fourth-order valence-corrected chi connectivity index (χ4v) is 3.29. The Hall–Kier alpha value is -2.40. The molecule has 2 rings (SSSR count). The van der Waals surface area contributed by atoms with E-state index >= 15 is 0 Å². The number of carbonyl (C=O) groups excluding carboxylic acids is 1. The van der Waals surface area contributed by atoms with Crippen LogP contribution in [-0.4, -0.2) is 14.3 Å². The first-order valence-electron chi connectivity index (χ1n) is 6.30. The third-order valence-corrected chi connectivity index (χ3v) is 4.55. The molecule has 0 aliphatic rings. The Morgan fingerprint density at radius 1 is 0.952 bits per heavy atom. The highest BCUT2D eigenvalue weighted by Gasteiger charge is 2.30. The molecule has 0 radical (unpaired) electrons. The van der Waals surface area contributed by atoms with Gasteiger partial charge in [0.2, 0.25) is 0 Å². The van der Waals surface area contributed by atoms with E-state index in [-0.39, 0.29) is 16.2 Å². The summed E-state index contributed by atoms with van der Waals surface area (Å²) < 4.78 is 26.3. The SMILES string of the molecule is C=C(C)C(=O)N(c1ccccc1)S(=O)(=O)c1ccccc1. The zero-order valence-electron chi connectivity index (χ0n) is 11.6. The summed E-state index contributed by atoms with van der Waals surface area (Å²) in [5.74, 6) is -0.648. The second-order valence-corrected chi connectivity index (χ2v) is 6.29. The molecular formula is C16H15NO3S. The molecule has 0 aliphatic heterocycles. The number of hydrogen-bond acceptors (Lipinski definition) is 3. The molecule has 0 heterocycles. The van der Waals surface area contributed by atoms with Crippen molar-refractivity contribution in [1.82, 2.24) is 0 Å². The number of carbonyl (C=O) groups is 1. The van der Waals surface area contributed by atoms with Crippen molar-refractivity contribution >= 4 is 21.6 Å². The van der Waals surface area contributed by atoms with Crippen LogP contribution in [0.2, 0.25) is 0 Å². The van der Waals surface area contributed by atoms with Crippen LogP contribution in [0.15, 0.2) is 77.7 Å². The lowest BCUT2D eigenvalue weighted by molar-refractivity contribution is -0.113. The Balaban J connectivity index is 2.61. The highest BCUT2D eigenvalue weighted by atomic mass is 32.2. The van der Waals surface area contributed by atoms with Crippen molar-refractivity contribution in [2.45, 2.75) is 11.8 Å². The largest absolute Gasteiger partial charge is 0.271 e. The number of rotatable bonds is 4. The summed E-state index contributed by atoms with van der Waals surface area (Å²) in [6, 6.07) is 16.1.